The molecule has 2 rings (SSSR count). The zero-order valence-electron chi connectivity index (χ0n) is 14.0. The fourth-order valence-electron chi connectivity index (χ4n) is 2.66. The summed E-state index contributed by atoms with van der Waals surface area (Å²) in [4.78, 5) is 48.7. The molecule has 9 nitrogen and oxygen atoms in total. The van der Waals surface area contributed by atoms with E-state index < -0.39 is 36.0 Å². The molecule has 24 heavy (non-hydrogen) atoms. The Balaban J connectivity index is 2.15. The summed E-state index contributed by atoms with van der Waals surface area (Å²) in [5, 5.41) is 7.02. The number of imide groups is 2. The second-order valence-corrected chi connectivity index (χ2v) is 5.68. The minimum atomic E-state index is -1.31. The minimum Gasteiger partial charge on any atom is -0.466 e. The van der Waals surface area contributed by atoms with Gasteiger partial charge in [-0.3, -0.25) is 19.8 Å². The Labute approximate surface area is 138 Å². The summed E-state index contributed by atoms with van der Waals surface area (Å²) in [5.74, 6) is -0.216. The molecular weight excluding hydrogens is 316 g/mol. The number of nitrogens with one attached hydrogen (secondary N) is 3. The smallest absolute Gasteiger partial charge is 0.325 e. The van der Waals surface area contributed by atoms with Crippen molar-refractivity contribution in [2.24, 2.45) is 0 Å². The standard InChI is InChI=1S/C15H20N4O5/c1-5-16-13(22)17-11(20)7-19-12(21)15(4,18-14(19)23)10-6-8(2)24-9(10)3/h6H,5,7H2,1-4H3,(H,18,23)(H2,16,17,20,22)/t15-/m0/s1. The summed E-state index contributed by atoms with van der Waals surface area (Å²) in [5.41, 5.74) is -0.782. The van der Waals surface area contributed by atoms with Crippen molar-refractivity contribution in [3.05, 3.63) is 23.2 Å². The number of rotatable bonds is 4. The number of nitrogens with zero attached hydrogens (tertiary/aromatic N) is 1. The van der Waals surface area contributed by atoms with Gasteiger partial charge in [0, 0.05) is 12.1 Å². The van der Waals surface area contributed by atoms with Gasteiger partial charge in [-0.05, 0) is 33.8 Å². The number of hydrogen-bond donors (Lipinski definition) is 3. The number of hydrogen-bond acceptors (Lipinski definition) is 5. The van der Waals surface area contributed by atoms with Crippen molar-refractivity contribution in [3.63, 3.8) is 0 Å². The summed E-state index contributed by atoms with van der Waals surface area (Å²) in [7, 11) is 0. The summed E-state index contributed by atoms with van der Waals surface area (Å²) < 4.78 is 5.42. The lowest BCUT2D eigenvalue weighted by molar-refractivity contribution is -0.134. The third kappa shape index (κ3) is 3.10. The SMILES string of the molecule is CCNC(=O)NC(=O)CN1C(=O)N[C@@](C)(c2cc(C)oc2C)C1=O. The van der Waals surface area contributed by atoms with E-state index in [2.05, 4.69) is 16.0 Å². The van der Waals surface area contributed by atoms with Gasteiger partial charge in [0.15, 0.2) is 0 Å². The summed E-state index contributed by atoms with van der Waals surface area (Å²) >= 11 is 0. The van der Waals surface area contributed by atoms with Crippen molar-refractivity contribution in [3.8, 4) is 0 Å². The van der Waals surface area contributed by atoms with Gasteiger partial charge in [-0.1, -0.05) is 0 Å². The summed E-state index contributed by atoms with van der Waals surface area (Å²) in [6.45, 7) is 6.47. The van der Waals surface area contributed by atoms with Gasteiger partial charge >= 0.3 is 12.1 Å². The van der Waals surface area contributed by atoms with Crippen molar-refractivity contribution in [1.29, 1.82) is 0 Å². The predicted octanol–water partition coefficient (Wildman–Crippen LogP) is 0.509. The maximum absolute atomic E-state index is 12.7. The topological polar surface area (TPSA) is 121 Å². The van der Waals surface area contributed by atoms with Crippen LogP contribution in [0.5, 0.6) is 0 Å². The number of carbonyl (C=O) groups excluding carboxylic acids is 4. The van der Waals surface area contributed by atoms with Crippen LogP contribution in [0.1, 0.15) is 30.9 Å². The molecule has 1 aromatic rings. The lowest BCUT2D eigenvalue weighted by atomic mass is 9.92. The molecule has 0 bridgehead atoms. The van der Waals surface area contributed by atoms with Crippen molar-refractivity contribution < 1.29 is 23.6 Å². The predicted molar refractivity (Wildman–Crippen MR) is 83.0 cm³/mol. The molecule has 1 atom stereocenters. The van der Waals surface area contributed by atoms with E-state index >= 15 is 0 Å². The van der Waals surface area contributed by atoms with E-state index in [1.807, 2.05) is 0 Å². The molecule has 9 heteroatoms. The van der Waals surface area contributed by atoms with Gasteiger partial charge in [0.05, 0.1) is 0 Å². The highest BCUT2D eigenvalue weighted by Crippen LogP contribution is 2.32. The highest BCUT2D eigenvalue weighted by molar-refractivity contribution is 6.10. The van der Waals surface area contributed by atoms with E-state index in [9.17, 15) is 19.2 Å². The fourth-order valence-corrected chi connectivity index (χ4v) is 2.66. The van der Waals surface area contributed by atoms with Crippen LogP contribution in [0, 0.1) is 13.8 Å². The van der Waals surface area contributed by atoms with Crippen molar-refractivity contribution in [2.45, 2.75) is 33.2 Å². The Morgan fingerprint density at radius 1 is 1.33 bits per heavy atom. The van der Waals surface area contributed by atoms with Gasteiger partial charge in [-0.15, -0.1) is 0 Å². The molecule has 1 aliphatic heterocycles. The van der Waals surface area contributed by atoms with Crippen LogP contribution in [-0.4, -0.2) is 41.9 Å². The molecule has 130 valence electrons. The Hall–Kier alpha value is -2.84. The lowest BCUT2D eigenvalue weighted by Crippen LogP contribution is -2.46. The zero-order valence-corrected chi connectivity index (χ0v) is 14.0. The molecule has 1 aliphatic rings. The molecule has 1 saturated heterocycles. The van der Waals surface area contributed by atoms with E-state index in [0.29, 0.717) is 23.6 Å². The molecule has 0 unspecified atom stereocenters. The van der Waals surface area contributed by atoms with Crippen LogP contribution in [-0.2, 0) is 15.1 Å². The molecule has 3 N–H and O–H groups in total. The van der Waals surface area contributed by atoms with Crippen molar-refractivity contribution in [1.82, 2.24) is 20.9 Å². The second kappa shape index (κ2) is 6.34. The van der Waals surface area contributed by atoms with Crippen LogP contribution < -0.4 is 16.0 Å². The van der Waals surface area contributed by atoms with Gasteiger partial charge in [0.1, 0.15) is 23.6 Å². The maximum atomic E-state index is 12.7. The molecular formula is C15H20N4O5. The number of aryl methyl sites for hydroxylation is 2. The zero-order chi connectivity index (χ0) is 18.1. The highest BCUT2D eigenvalue weighted by Gasteiger charge is 2.51. The van der Waals surface area contributed by atoms with Gasteiger partial charge < -0.3 is 15.1 Å². The summed E-state index contributed by atoms with van der Waals surface area (Å²) in [6.07, 6.45) is 0. The normalized spacial score (nSPS) is 20.1. The Kier molecular flexibility index (Phi) is 4.63. The van der Waals surface area contributed by atoms with Crippen LogP contribution in [0.25, 0.3) is 0 Å². The average Bonchev–Trinajstić information content (AvgIpc) is 2.92. The molecule has 0 spiro atoms. The third-order valence-corrected chi connectivity index (χ3v) is 3.75. The van der Waals surface area contributed by atoms with E-state index in [0.717, 1.165) is 4.90 Å². The molecule has 1 aromatic heterocycles. The quantitative estimate of drug-likeness (QED) is 0.692. The fraction of sp³-hybridized carbons (Fsp3) is 0.467. The maximum Gasteiger partial charge on any atom is 0.325 e. The van der Waals surface area contributed by atoms with E-state index in [1.54, 1.807) is 33.8 Å². The Bertz CT molecular complexity index is 711. The number of furan rings is 1. The Morgan fingerprint density at radius 3 is 2.54 bits per heavy atom. The van der Waals surface area contributed by atoms with Crippen LogP contribution >= 0.6 is 0 Å². The van der Waals surface area contributed by atoms with Gasteiger partial charge in [-0.25, -0.2) is 9.59 Å². The summed E-state index contributed by atoms with van der Waals surface area (Å²) in [6, 6.07) is 0.289. The van der Waals surface area contributed by atoms with E-state index in [4.69, 9.17) is 4.42 Å². The largest absolute Gasteiger partial charge is 0.466 e. The number of amides is 6. The van der Waals surface area contributed by atoms with Crippen LogP contribution in [0.15, 0.2) is 10.5 Å². The molecule has 0 radical (unpaired) electrons. The number of urea groups is 2. The van der Waals surface area contributed by atoms with Crippen molar-refractivity contribution in [2.75, 3.05) is 13.1 Å². The molecule has 2 heterocycles. The minimum absolute atomic E-state index is 0.347. The first kappa shape index (κ1) is 17.5. The van der Waals surface area contributed by atoms with Crippen LogP contribution in [0.4, 0.5) is 9.59 Å². The molecule has 0 aromatic carbocycles. The average molecular weight is 336 g/mol. The highest BCUT2D eigenvalue weighted by atomic mass is 16.3. The van der Waals surface area contributed by atoms with E-state index in [-0.39, 0.29) is 0 Å². The van der Waals surface area contributed by atoms with Crippen molar-refractivity contribution >= 4 is 23.9 Å². The molecule has 6 amide bonds. The third-order valence-electron chi connectivity index (χ3n) is 3.75. The molecule has 0 aliphatic carbocycles. The lowest BCUT2D eigenvalue weighted by Gasteiger charge is -2.21. The first-order valence-corrected chi connectivity index (χ1v) is 7.48. The first-order chi connectivity index (χ1) is 11.2. The van der Waals surface area contributed by atoms with Gasteiger partial charge in [0.25, 0.3) is 5.91 Å². The van der Waals surface area contributed by atoms with Gasteiger partial charge in [0.2, 0.25) is 5.91 Å². The monoisotopic (exact) mass is 336 g/mol. The van der Waals surface area contributed by atoms with Crippen LogP contribution in [0.2, 0.25) is 0 Å². The first-order valence-electron chi connectivity index (χ1n) is 7.48. The number of carbonyl (C=O) groups is 4. The van der Waals surface area contributed by atoms with E-state index in [1.165, 1.54) is 0 Å². The Morgan fingerprint density at radius 2 is 2.00 bits per heavy atom. The van der Waals surface area contributed by atoms with Crippen LogP contribution in [0.3, 0.4) is 0 Å². The van der Waals surface area contributed by atoms with Gasteiger partial charge in [-0.2, -0.15) is 0 Å². The molecule has 0 saturated carbocycles. The molecule has 1 fully saturated rings. The second-order valence-electron chi connectivity index (χ2n) is 5.68.